The standard InChI is InChI=1S/C22H22N6OS/c1-27(12-19-11-25-28(14-19)13-17-5-3-2-4-6-17)21(29)20-9-7-18(8-10-20)15-30-22-23-16-24-26-22/h2-11,14,16H,12-13,15H2,1H3,(H,23,24,26). The van der Waals surface area contributed by atoms with E-state index in [1.54, 1.807) is 16.7 Å². The Kier molecular flexibility index (Phi) is 6.24. The Morgan fingerprint density at radius 3 is 2.60 bits per heavy atom. The molecule has 0 bridgehead atoms. The number of thioether (sulfide) groups is 1. The van der Waals surface area contributed by atoms with Crippen molar-refractivity contribution in [2.45, 2.75) is 24.0 Å². The lowest BCUT2D eigenvalue weighted by molar-refractivity contribution is 0.0785. The van der Waals surface area contributed by atoms with E-state index < -0.39 is 0 Å². The minimum Gasteiger partial charge on any atom is -0.337 e. The smallest absolute Gasteiger partial charge is 0.253 e. The number of benzene rings is 2. The number of aromatic amines is 1. The lowest BCUT2D eigenvalue weighted by Gasteiger charge is -2.16. The molecule has 0 aliphatic heterocycles. The molecule has 8 heteroatoms. The van der Waals surface area contributed by atoms with Crippen LogP contribution in [0.3, 0.4) is 0 Å². The summed E-state index contributed by atoms with van der Waals surface area (Å²) in [6.45, 7) is 1.22. The third-order valence-electron chi connectivity index (χ3n) is 4.61. The van der Waals surface area contributed by atoms with E-state index in [0.717, 1.165) is 22.0 Å². The first kappa shape index (κ1) is 19.9. The highest BCUT2D eigenvalue weighted by Gasteiger charge is 2.13. The number of nitrogens with zero attached hydrogens (tertiary/aromatic N) is 5. The molecule has 2 aromatic heterocycles. The van der Waals surface area contributed by atoms with Gasteiger partial charge in [0.2, 0.25) is 0 Å². The summed E-state index contributed by atoms with van der Waals surface area (Å²) < 4.78 is 1.89. The summed E-state index contributed by atoms with van der Waals surface area (Å²) in [5.41, 5.74) is 3.99. The van der Waals surface area contributed by atoms with E-state index in [1.165, 1.54) is 11.9 Å². The van der Waals surface area contributed by atoms with Crippen LogP contribution in [0.1, 0.15) is 27.0 Å². The largest absolute Gasteiger partial charge is 0.337 e. The molecule has 2 aromatic carbocycles. The Morgan fingerprint density at radius 2 is 1.87 bits per heavy atom. The highest BCUT2D eigenvalue weighted by atomic mass is 32.2. The quantitative estimate of drug-likeness (QED) is 0.442. The molecule has 4 rings (SSSR count). The predicted octanol–water partition coefficient (Wildman–Crippen LogP) is 3.61. The van der Waals surface area contributed by atoms with Crippen LogP contribution >= 0.6 is 11.8 Å². The molecule has 4 aromatic rings. The number of rotatable bonds is 8. The van der Waals surface area contributed by atoms with Gasteiger partial charge in [-0.3, -0.25) is 14.6 Å². The Labute approximate surface area is 179 Å². The Bertz CT molecular complexity index is 1080. The van der Waals surface area contributed by atoms with Gasteiger partial charge in [-0.1, -0.05) is 54.2 Å². The zero-order valence-electron chi connectivity index (χ0n) is 16.6. The van der Waals surface area contributed by atoms with Crippen LogP contribution in [0, 0.1) is 0 Å². The summed E-state index contributed by atoms with van der Waals surface area (Å²) in [5.74, 6) is 0.750. The molecule has 0 atom stereocenters. The molecule has 0 unspecified atom stereocenters. The van der Waals surface area contributed by atoms with Crippen LogP contribution in [-0.2, 0) is 18.8 Å². The number of carbonyl (C=O) groups excluding carboxylic acids is 1. The lowest BCUT2D eigenvalue weighted by atomic mass is 10.1. The Morgan fingerprint density at radius 1 is 1.07 bits per heavy atom. The van der Waals surface area contributed by atoms with Gasteiger partial charge in [-0.2, -0.15) is 10.2 Å². The van der Waals surface area contributed by atoms with Crippen molar-refractivity contribution in [1.82, 2.24) is 29.9 Å². The number of hydrogen-bond acceptors (Lipinski definition) is 5. The fourth-order valence-electron chi connectivity index (χ4n) is 3.07. The van der Waals surface area contributed by atoms with Crippen molar-refractivity contribution in [3.8, 4) is 0 Å². The average Bonchev–Trinajstić information content (AvgIpc) is 3.45. The maximum absolute atomic E-state index is 12.8. The third kappa shape index (κ3) is 5.15. The van der Waals surface area contributed by atoms with Gasteiger partial charge in [0, 0.05) is 36.7 Å². The second-order valence-electron chi connectivity index (χ2n) is 6.97. The van der Waals surface area contributed by atoms with Gasteiger partial charge < -0.3 is 4.90 Å². The van der Waals surface area contributed by atoms with Crippen molar-refractivity contribution in [2.75, 3.05) is 7.05 Å². The normalized spacial score (nSPS) is 10.8. The van der Waals surface area contributed by atoms with E-state index in [1.807, 2.05) is 66.6 Å². The summed E-state index contributed by atoms with van der Waals surface area (Å²) >= 11 is 1.57. The fraction of sp³-hybridized carbons (Fsp3) is 0.182. The minimum atomic E-state index is -0.0137. The highest BCUT2D eigenvalue weighted by molar-refractivity contribution is 7.98. The minimum absolute atomic E-state index is 0.0137. The summed E-state index contributed by atoms with van der Waals surface area (Å²) in [6.07, 6.45) is 5.29. The van der Waals surface area contributed by atoms with Crippen molar-refractivity contribution in [1.29, 1.82) is 0 Å². The monoisotopic (exact) mass is 418 g/mol. The molecule has 30 heavy (non-hydrogen) atoms. The van der Waals surface area contributed by atoms with Gasteiger partial charge in [0.1, 0.15) is 6.33 Å². The van der Waals surface area contributed by atoms with Crippen LogP contribution in [0.15, 0.2) is 78.5 Å². The first-order valence-corrected chi connectivity index (χ1v) is 10.5. The van der Waals surface area contributed by atoms with Crippen molar-refractivity contribution >= 4 is 17.7 Å². The summed E-state index contributed by atoms with van der Waals surface area (Å²) in [7, 11) is 1.81. The highest BCUT2D eigenvalue weighted by Crippen LogP contribution is 2.19. The molecule has 2 heterocycles. The topological polar surface area (TPSA) is 79.7 Å². The summed E-state index contributed by atoms with van der Waals surface area (Å²) in [4.78, 5) is 18.6. The maximum Gasteiger partial charge on any atom is 0.253 e. The molecule has 0 fully saturated rings. The maximum atomic E-state index is 12.8. The first-order valence-electron chi connectivity index (χ1n) is 9.55. The average molecular weight is 419 g/mol. The number of nitrogens with one attached hydrogen (secondary N) is 1. The molecule has 1 amide bonds. The van der Waals surface area contributed by atoms with Gasteiger partial charge >= 0.3 is 0 Å². The number of carbonyl (C=O) groups is 1. The van der Waals surface area contributed by atoms with E-state index >= 15 is 0 Å². The van der Waals surface area contributed by atoms with Crippen LogP contribution in [0.4, 0.5) is 0 Å². The van der Waals surface area contributed by atoms with E-state index in [2.05, 4.69) is 32.4 Å². The Balaban J connectivity index is 1.32. The number of hydrogen-bond donors (Lipinski definition) is 1. The van der Waals surface area contributed by atoms with Gasteiger partial charge in [0.25, 0.3) is 5.91 Å². The van der Waals surface area contributed by atoms with Crippen LogP contribution in [-0.4, -0.2) is 42.8 Å². The molecule has 0 aliphatic carbocycles. The Hall–Kier alpha value is -3.39. The molecular weight excluding hydrogens is 396 g/mol. The molecule has 0 radical (unpaired) electrons. The van der Waals surface area contributed by atoms with E-state index in [0.29, 0.717) is 18.7 Å². The van der Waals surface area contributed by atoms with E-state index in [9.17, 15) is 4.79 Å². The molecule has 0 spiro atoms. The van der Waals surface area contributed by atoms with Crippen molar-refractivity contribution < 1.29 is 4.79 Å². The van der Waals surface area contributed by atoms with Crippen molar-refractivity contribution in [2.24, 2.45) is 0 Å². The molecular formula is C22H22N6OS. The van der Waals surface area contributed by atoms with Crippen molar-refractivity contribution in [3.63, 3.8) is 0 Å². The zero-order valence-corrected chi connectivity index (χ0v) is 17.4. The van der Waals surface area contributed by atoms with Crippen molar-refractivity contribution in [3.05, 3.63) is 95.6 Å². The van der Waals surface area contributed by atoms with Crippen LogP contribution in [0.5, 0.6) is 0 Å². The number of amides is 1. The van der Waals surface area contributed by atoms with Crippen LogP contribution < -0.4 is 0 Å². The second kappa shape index (κ2) is 9.41. The van der Waals surface area contributed by atoms with Gasteiger partial charge in [0.05, 0.1) is 12.7 Å². The van der Waals surface area contributed by atoms with Crippen LogP contribution in [0.25, 0.3) is 0 Å². The molecule has 0 saturated carbocycles. The molecule has 0 saturated heterocycles. The molecule has 1 N–H and O–H groups in total. The zero-order chi connectivity index (χ0) is 20.8. The molecule has 7 nitrogen and oxygen atoms in total. The summed E-state index contributed by atoms with van der Waals surface area (Å²) in [5, 5.41) is 11.9. The fourth-order valence-corrected chi connectivity index (χ4v) is 3.80. The van der Waals surface area contributed by atoms with E-state index in [-0.39, 0.29) is 5.91 Å². The third-order valence-corrected chi connectivity index (χ3v) is 5.56. The van der Waals surface area contributed by atoms with Gasteiger partial charge in [-0.25, -0.2) is 4.98 Å². The molecule has 0 aliphatic rings. The van der Waals surface area contributed by atoms with E-state index in [4.69, 9.17) is 0 Å². The predicted molar refractivity (Wildman–Crippen MR) is 116 cm³/mol. The number of H-pyrrole nitrogens is 1. The van der Waals surface area contributed by atoms with Gasteiger partial charge in [-0.05, 0) is 23.3 Å². The second-order valence-corrected chi connectivity index (χ2v) is 7.93. The van der Waals surface area contributed by atoms with Gasteiger partial charge in [-0.15, -0.1) is 0 Å². The SMILES string of the molecule is CN(Cc1cnn(Cc2ccccc2)c1)C(=O)c1ccc(CSc2ncn[nH]2)cc1. The number of aromatic nitrogens is 5. The lowest BCUT2D eigenvalue weighted by Crippen LogP contribution is -2.26. The first-order chi connectivity index (χ1) is 14.7. The molecule has 152 valence electrons. The van der Waals surface area contributed by atoms with Crippen LogP contribution in [0.2, 0.25) is 0 Å². The van der Waals surface area contributed by atoms with Gasteiger partial charge in [0.15, 0.2) is 5.16 Å². The summed E-state index contributed by atoms with van der Waals surface area (Å²) in [6, 6.07) is 17.9.